The van der Waals surface area contributed by atoms with E-state index in [1.807, 2.05) is 31.2 Å². The van der Waals surface area contributed by atoms with Crippen molar-refractivity contribution >= 4 is 22.8 Å². The van der Waals surface area contributed by atoms with Gasteiger partial charge in [-0.2, -0.15) is 0 Å². The molecule has 0 saturated carbocycles. The molecule has 22 heavy (non-hydrogen) atoms. The van der Waals surface area contributed by atoms with Crippen LogP contribution in [0, 0.1) is 6.92 Å². The maximum absolute atomic E-state index is 12.6. The second-order valence-electron chi connectivity index (χ2n) is 5.89. The van der Waals surface area contributed by atoms with E-state index in [0.717, 1.165) is 35.0 Å². The van der Waals surface area contributed by atoms with Crippen molar-refractivity contribution in [2.75, 3.05) is 6.54 Å². The molecule has 5 heteroatoms. The van der Waals surface area contributed by atoms with Crippen LogP contribution in [0.15, 0.2) is 24.3 Å². The number of nitrogens with one attached hydrogen (secondary N) is 1. The zero-order chi connectivity index (χ0) is 15.7. The van der Waals surface area contributed by atoms with Crippen molar-refractivity contribution in [1.82, 2.24) is 9.88 Å². The number of aromatic nitrogens is 1. The van der Waals surface area contributed by atoms with E-state index in [9.17, 15) is 14.7 Å². The van der Waals surface area contributed by atoms with Crippen LogP contribution in [0.2, 0.25) is 0 Å². The molecule has 0 spiro atoms. The number of carboxylic acids is 1. The number of para-hydroxylation sites is 1. The summed E-state index contributed by atoms with van der Waals surface area (Å²) >= 11 is 0. The summed E-state index contributed by atoms with van der Waals surface area (Å²) in [6, 6.07) is 7.20. The van der Waals surface area contributed by atoms with Crippen LogP contribution < -0.4 is 0 Å². The van der Waals surface area contributed by atoms with E-state index in [4.69, 9.17) is 0 Å². The van der Waals surface area contributed by atoms with Gasteiger partial charge in [-0.25, -0.2) is 4.79 Å². The first-order valence-electron chi connectivity index (χ1n) is 7.66. The number of nitrogens with zero attached hydrogens (tertiary/aromatic N) is 1. The first-order chi connectivity index (χ1) is 10.6. The van der Waals surface area contributed by atoms with Crippen LogP contribution in [0.1, 0.15) is 30.5 Å². The summed E-state index contributed by atoms with van der Waals surface area (Å²) in [5.74, 6) is -0.997. The fraction of sp³-hybridized carbons (Fsp3) is 0.412. The minimum absolute atomic E-state index is 0.0973. The topological polar surface area (TPSA) is 73.4 Å². The maximum Gasteiger partial charge on any atom is 0.326 e. The Kier molecular flexibility index (Phi) is 3.88. The molecule has 0 bridgehead atoms. The Morgan fingerprint density at radius 1 is 1.32 bits per heavy atom. The first kappa shape index (κ1) is 14.6. The zero-order valence-corrected chi connectivity index (χ0v) is 12.6. The third-order valence-corrected chi connectivity index (χ3v) is 4.46. The van der Waals surface area contributed by atoms with Crippen LogP contribution >= 0.6 is 0 Å². The lowest BCUT2D eigenvalue weighted by Gasteiger charge is -2.33. The number of carbonyl (C=O) groups is 2. The molecule has 2 aromatic rings. The van der Waals surface area contributed by atoms with Gasteiger partial charge in [-0.05, 0) is 37.8 Å². The number of aliphatic carboxylic acids is 1. The molecular formula is C17H20N2O3. The number of carboxylic acid groups (broad SMARTS) is 1. The largest absolute Gasteiger partial charge is 0.480 e. The van der Waals surface area contributed by atoms with E-state index < -0.39 is 12.0 Å². The minimum atomic E-state index is -0.899. The molecule has 1 aromatic heterocycles. The molecule has 0 aliphatic carbocycles. The molecule has 1 atom stereocenters. The van der Waals surface area contributed by atoms with Gasteiger partial charge in [0.25, 0.3) is 0 Å². The molecule has 2 heterocycles. The number of carbonyl (C=O) groups excluding carboxylic acids is 1. The standard InChI is InChI=1S/C17H20N2O3/c1-11-13(12-6-2-3-7-14(12)18-11)10-16(20)19-9-5-4-8-15(19)17(21)22/h2-3,6-7,15,18H,4-5,8-10H2,1H3,(H,21,22). The summed E-state index contributed by atoms with van der Waals surface area (Å²) in [5, 5.41) is 10.3. The van der Waals surface area contributed by atoms with Crippen LogP contribution in [0.4, 0.5) is 0 Å². The molecule has 1 saturated heterocycles. The summed E-state index contributed by atoms with van der Waals surface area (Å²) in [4.78, 5) is 28.8. The molecular weight excluding hydrogens is 280 g/mol. The fourth-order valence-electron chi connectivity index (χ4n) is 3.30. The number of likely N-dealkylation sites (tertiary alicyclic amines) is 1. The van der Waals surface area contributed by atoms with Gasteiger partial charge in [0.1, 0.15) is 6.04 Å². The number of benzene rings is 1. The number of rotatable bonds is 3. The normalized spacial score (nSPS) is 18.6. The summed E-state index contributed by atoms with van der Waals surface area (Å²) in [6.45, 7) is 2.49. The zero-order valence-electron chi connectivity index (χ0n) is 12.6. The van der Waals surface area contributed by atoms with Crippen molar-refractivity contribution in [3.05, 3.63) is 35.5 Å². The Morgan fingerprint density at radius 2 is 2.09 bits per heavy atom. The van der Waals surface area contributed by atoms with E-state index in [2.05, 4.69) is 4.98 Å². The maximum atomic E-state index is 12.6. The molecule has 1 aliphatic rings. The van der Waals surface area contributed by atoms with Crippen molar-refractivity contribution in [2.24, 2.45) is 0 Å². The van der Waals surface area contributed by atoms with E-state index in [1.54, 1.807) is 0 Å². The number of aryl methyl sites for hydroxylation is 1. The minimum Gasteiger partial charge on any atom is -0.480 e. The highest BCUT2D eigenvalue weighted by Gasteiger charge is 2.32. The summed E-state index contributed by atoms with van der Waals surface area (Å²) < 4.78 is 0. The van der Waals surface area contributed by atoms with Gasteiger partial charge < -0.3 is 15.0 Å². The molecule has 1 fully saturated rings. The van der Waals surface area contributed by atoms with Gasteiger partial charge in [-0.15, -0.1) is 0 Å². The molecule has 3 rings (SSSR count). The Bertz CT molecular complexity index is 720. The molecule has 1 amide bonds. The van der Waals surface area contributed by atoms with Crippen LogP contribution in [0.5, 0.6) is 0 Å². The van der Waals surface area contributed by atoms with Gasteiger partial charge in [0.05, 0.1) is 6.42 Å². The Labute approximate surface area is 128 Å². The molecule has 1 unspecified atom stereocenters. The summed E-state index contributed by atoms with van der Waals surface area (Å²) in [6.07, 6.45) is 2.54. The lowest BCUT2D eigenvalue weighted by atomic mass is 10.00. The summed E-state index contributed by atoms with van der Waals surface area (Å²) in [5.41, 5.74) is 2.95. The predicted molar refractivity (Wildman–Crippen MR) is 83.7 cm³/mol. The van der Waals surface area contributed by atoms with Crippen molar-refractivity contribution in [3.63, 3.8) is 0 Å². The Balaban J connectivity index is 1.86. The summed E-state index contributed by atoms with van der Waals surface area (Å²) in [7, 11) is 0. The number of aromatic amines is 1. The highest BCUT2D eigenvalue weighted by molar-refractivity contribution is 5.91. The van der Waals surface area contributed by atoms with Gasteiger partial charge in [0.15, 0.2) is 0 Å². The van der Waals surface area contributed by atoms with Gasteiger partial charge in [0, 0.05) is 23.1 Å². The molecule has 5 nitrogen and oxygen atoms in total. The number of hydrogen-bond donors (Lipinski definition) is 2. The van der Waals surface area contributed by atoms with Crippen molar-refractivity contribution in [2.45, 2.75) is 38.6 Å². The number of hydrogen-bond acceptors (Lipinski definition) is 2. The number of amides is 1. The third kappa shape index (κ3) is 2.58. The predicted octanol–water partition coefficient (Wildman–Crippen LogP) is 2.48. The van der Waals surface area contributed by atoms with Crippen LogP contribution in [0.25, 0.3) is 10.9 Å². The fourth-order valence-corrected chi connectivity index (χ4v) is 3.30. The first-order valence-corrected chi connectivity index (χ1v) is 7.66. The molecule has 116 valence electrons. The van der Waals surface area contributed by atoms with E-state index in [-0.39, 0.29) is 12.3 Å². The lowest BCUT2D eigenvalue weighted by Crippen LogP contribution is -2.48. The molecule has 0 radical (unpaired) electrons. The van der Waals surface area contributed by atoms with Gasteiger partial charge in [-0.3, -0.25) is 4.79 Å². The Morgan fingerprint density at radius 3 is 2.86 bits per heavy atom. The second-order valence-corrected chi connectivity index (χ2v) is 5.89. The lowest BCUT2D eigenvalue weighted by molar-refractivity contribution is -0.151. The number of fused-ring (bicyclic) bond motifs is 1. The van der Waals surface area contributed by atoms with Crippen LogP contribution in [0.3, 0.4) is 0 Å². The van der Waals surface area contributed by atoms with Gasteiger partial charge in [-0.1, -0.05) is 18.2 Å². The third-order valence-electron chi connectivity index (χ3n) is 4.46. The highest BCUT2D eigenvalue weighted by atomic mass is 16.4. The van der Waals surface area contributed by atoms with Gasteiger partial charge in [0.2, 0.25) is 5.91 Å². The monoisotopic (exact) mass is 300 g/mol. The van der Waals surface area contributed by atoms with Crippen LogP contribution in [-0.2, 0) is 16.0 Å². The average Bonchev–Trinajstić information content (AvgIpc) is 2.83. The molecule has 1 aromatic carbocycles. The van der Waals surface area contributed by atoms with Crippen molar-refractivity contribution in [1.29, 1.82) is 0 Å². The smallest absolute Gasteiger partial charge is 0.326 e. The SMILES string of the molecule is Cc1[nH]c2ccccc2c1CC(=O)N1CCCCC1C(=O)O. The highest BCUT2D eigenvalue weighted by Crippen LogP contribution is 2.24. The number of H-pyrrole nitrogens is 1. The van der Waals surface area contributed by atoms with Crippen molar-refractivity contribution in [3.8, 4) is 0 Å². The quantitative estimate of drug-likeness (QED) is 0.914. The van der Waals surface area contributed by atoms with Crippen LogP contribution in [-0.4, -0.2) is 39.5 Å². The van der Waals surface area contributed by atoms with E-state index in [1.165, 1.54) is 4.90 Å². The number of piperidine rings is 1. The van der Waals surface area contributed by atoms with Crippen molar-refractivity contribution < 1.29 is 14.7 Å². The van der Waals surface area contributed by atoms with E-state index in [0.29, 0.717) is 13.0 Å². The second kappa shape index (κ2) is 5.83. The molecule has 2 N–H and O–H groups in total. The Hall–Kier alpha value is -2.30. The molecule has 1 aliphatic heterocycles. The van der Waals surface area contributed by atoms with Gasteiger partial charge >= 0.3 is 5.97 Å². The average molecular weight is 300 g/mol. The van der Waals surface area contributed by atoms with E-state index >= 15 is 0 Å².